The standard InChI is InChI=1S/C27H30N4O2/c1-18(32)30-11-12-31-24-7-10-29(9-3-6-20-4-2-5-21-8-13-33-27(20)21)17-23(24)22-14-19(16-28)15-25(30)26(22)31/h2,4-5,14-15,23-24H,3,6-13,17H2,1H3/t23-,24-/m0/s1. The van der Waals surface area contributed by atoms with Crippen LogP contribution in [-0.2, 0) is 17.6 Å². The number of amides is 1. The molecule has 6 heteroatoms. The molecule has 6 nitrogen and oxygen atoms in total. The zero-order valence-corrected chi connectivity index (χ0v) is 19.2. The SMILES string of the molecule is CC(=O)N1CCN2c3c(cc(C#N)cc31)[C@@H]1CN(CCCc3cccc4c3OCC4)CC[C@@H]12. The van der Waals surface area contributed by atoms with Crippen molar-refractivity contribution in [1.82, 2.24) is 4.90 Å². The van der Waals surface area contributed by atoms with Crippen molar-refractivity contribution < 1.29 is 9.53 Å². The van der Waals surface area contributed by atoms with Crippen molar-refractivity contribution >= 4 is 17.3 Å². The summed E-state index contributed by atoms with van der Waals surface area (Å²) in [5, 5.41) is 9.65. The van der Waals surface area contributed by atoms with E-state index in [0.717, 1.165) is 69.9 Å². The molecule has 0 bridgehead atoms. The lowest BCUT2D eigenvalue weighted by atomic mass is 9.88. The molecule has 1 saturated heterocycles. The van der Waals surface area contributed by atoms with Crippen LogP contribution < -0.4 is 14.5 Å². The van der Waals surface area contributed by atoms with Crippen molar-refractivity contribution in [2.24, 2.45) is 0 Å². The summed E-state index contributed by atoms with van der Waals surface area (Å²) >= 11 is 0. The lowest BCUT2D eigenvalue weighted by molar-refractivity contribution is -0.116. The molecule has 0 aliphatic carbocycles. The van der Waals surface area contributed by atoms with Crippen molar-refractivity contribution in [3.05, 3.63) is 52.6 Å². The fraction of sp³-hybridized carbons (Fsp3) is 0.481. The van der Waals surface area contributed by atoms with Crippen LogP contribution in [0.5, 0.6) is 5.75 Å². The lowest BCUT2D eigenvalue weighted by Crippen LogP contribution is -2.50. The minimum Gasteiger partial charge on any atom is -0.493 e. The molecular weight excluding hydrogens is 412 g/mol. The number of benzene rings is 2. The Kier molecular flexibility index (Phi) is 5.03. The molecule has 2 atom stereocenters. The highest BCUT2D eigenvalue weighted by atomic mass is 16.5. The van der Waals surface area contributed by atoms with Crippen LogP contribution in [0.1, 0.15) is 47.9 Å². The normalized spacial score (nSPS) is 22.9. The van der Waals surface area contributed by atoms with E-state index in [9.17, 15) is 10.1 Å². The third kappa shape index (κ3) is 3.38. The minimum atomic E-state index is 0.0554. The zero-order valence-electron chi connectivity index (χ0n) is 19.2. The Balaban J connectivity index is 1.20. The highest BCUT2D eigenvalue weighted by Gasteiger charge is 2.45. The molecule has 2 aromatic rings. The highest BCUT2D eigenvalue weighted by molar-refractivity contribution is 5.98. The quantitative estimate of drug-likeness (QED) is 0.726. The van der Waals surface area contributed by atoms with Crippen molar-refractivity contribution in [2.45, 2.75) is 44.6 Å². The molecule has 0 spiro atoms. The van der Waals surface area contributed by atoms with Crippen LogP contribution >= 0.6 is 0 Å². The number of para-hydroxylation sites is 1. The fourth-order valence-electron chi connectivity index (χ4n) is 6.47. The Bertz CT molecular complexity index is 1150. The largest absolute Gasteiger partial charge is 0.493 e. The third-order valence-corrected chi connectivity index (χ3v) is 7.95. The molecule has 4 aliphatic heterocycles. The molecule has 4 aliphatic rings. The van der Waals surface area contributed by atoms with E-state index < -0.39 is 0 Å². The summed E-state index contributed by atoms with van der Waals surface area (Å²) in [7, 11) is 0. The first-order chi connectivity index (χ1) is 16.1. The molecule has 0 aromatic heterocycles. The van der Waals surface area contributed by atoms with Gasteiger partial charge < -0.3 is 19.4 Å². The molecule has 1 fully saturated rings. The van der Waals surface area contributed by atoms with Crippen LogP contribution in [-0.4, -0.2) is 56.2 Å². The molecule has 0 saturated carbocycles. The van der Waals surface area contributed by atoms with Crippen molar-refractivity contribution in [3.8, 4) is 11.8 Å². The van der Waals surface area contributed by atoms with Gasteiger partial charge in [0.15, 0.2) is 0 Å². The monoisotopic (exact) mass is 442 g/mol. The van der Waals surface area contributed by atoms with Crippen LogP contribution in [0.15, 0.2) is 30.3 Å². The number of fused-ring (bicyclic) bond motifs is 4. The molecular formula is C27H30N4O2. The second kappa shape index (κ2) is 8.07. The average Bonchev–Trinajstić information content (AvgIpc) is 3.43. The maximum atomic E-state index is 12.3. The predicted molar refractivity (Wildman–Crippen MR) is 128 cm³/mol. The van der Waals surface area contributed by atoms with Crippen LogP contribution in [0.4, 0.5) is 11.4 Å². The fourth-order valence-corrected chi connectivity index (χ4v) is 6.47. The van der Waals surface area contributed by atoms with Crippen molar-refractivity contribution in [2.75, 3.05) is 49.1 Å². The van der Waals surface area contributed by atoms with Gasteiger partial charge in [-0.3, -0.25) is 4.79 Å². The van der Waals surface area contributed by atoms with Gasteiger partial charge >= 0.3 is 0 Å². The van der Waals surface area contributed by atoms with Gasteiger partial charge in [0, 0.05) is 51.5 Å². The topological polar surface area (TPSA) is 59.8 Å². The summed E-state index contributed by atoms with van der Waals surface area (Å²) in [5.41, 5.74) is 6.75. The Hall–Kier alpha value is -3.04. The van der Waals surface area contributed by atoms with E-state index in [4.69, 9.17) is 4.74 Å². The number of aryl methyl sites for hydroxylation is 1. The van der Waals surface area contributed by atoms with Crippen LogP contribution in [0, 0.1) is 11.3 Å². The summed E-state index contributed by atoms with van der Waals surface area (Å²) in [6.45, 7) is 7.21. The van der Waals surface area contributed by atoms with E-state index in [2.05, 4.69) is 40.1 Å². The van der Waals surface area contributed by atoms with Gasteiger partial charge in [0.05, 0.1) is 29.6 Å². The maximum Gasteiger partial charge on any atom is 0.223 e. The number of carbonyl (C=O) groups is 1. The summed E-state index contributed by atoms with van der Waals surface area (Å²) in [6.07, 6.45) is 4.33. The minimum absolute atomic E-state index is 0.0554. The zero-order chi connectivity index (χ0) is 22.5. The van der Waals surface area contributed by atoms with Gasteiger partial charge in [0.1, 0.15) is 5.75 Å². The number of piperidine rings is 1. The van der Waals surface area contributed by atoms with Gasteiger partial charge in [-0.25, -0.2) is 0 Å². The number of hydrogen-bond acceptors (Lipinski definition) is 5. The summed E-state index contributed by atoms with van der Waals surface area (Å²) in [6, 6.07) is 13.3. The Morgan fingerprint density at radius 1 is 1.24 bits per heavy atom. The van der Waals surface area contributed by atoms with Gasteiger partial charge in [-0.05, 0) is 54.6 Å². The molecule has 4 heterocycles. The van der Waals surface area contributed by atoms with Gasteiger partial charge in [-0.15, -0.1) is 0 Å². The number of rotatable bonds is 4. The molecule has 0 radical (unpaired) electrons. The Morgan fingerprint density at radius 3 is 3.00 bits per heavy atom. The Morgan fingerprint density at radius 2 is 2.15 bits per heavy atom. The molecule has 2 aromatic carbocycles. The van der Waals surface area contributed by atoms with E-state index in [-0.39, 0.29) is 5.91 Å². The Labute approximate surface area is 195 Å². The molecule has 170 valence electrons. The van der Waals surface area contributed by atoms with Gasteiger partial charge in [-0.2, -0.15) is 5.26 Å². The average molecular weight is 443 g/mol. The second-order valence-electron chi connectivity index (χ2n) is 9.78. The van der Waals surface area contributed by atoms with Gasteiger partial charge in [0.2, 0.25) is 5.91 Å². The van der Waals surface area contributed by atoms with E-state index in [1.54, 1.807) is 6.92 Å². The first-order valence-electron chi connectivity index (χ1n) is 12.2. The number of likely N-dealkylation sites (tertiary alicyclic amines) is 1. The van der Waals surface area contributed by atoms with Crippen LogP contribution in [0.3, 0.4) is 0 Å². The number of anilines is 2. The molecule has 1 amide bonds. The highest BCUT2D eigenvalue weighted by Crippen LogP contribution is 2.51. The van der Waals surface area contributed by atoms with Gasteiger partial charge in [-0.1, -0.05) is 18.2 Å². The third-order valence-electron chi connectivity index (χ3n) is 7.95. The number of nitrogens with zero attached hydrogens (tertiary/aromatic N) is 4. The molecule has 6 rings (SSSR count). The van der Waals surface area contributed by atoms with Gasteiger partial charge in [0.25, 0.3) is 0 Å². The number of hydrogen-bond donors (Lipinski definition) is 0. The number of nitriles is 1. The van der Waals surface area contributed by atoms with E-state index in [0.29, 0.717) is 24.1 Å². The van der Waals surface area contributed by atoms with E-state index >= 15 is 0 Å². The molecule has 33 heavy (non-hydrogen) atoms. The van der Waals surface area contributed by atoms with Crippen molar-refractivity contribution in [3.63, 3.8) is 0 Å². The summed E-state index contributed by atoms with van der Waals surface area (Å²) in [5.74, 6) is 1.58. The maximum absolute atomic E-state index is 12.3. The second-order valence-corrected chi connectivity index (χ2v) is 9.78. The van der Waals surface area contributed by atoms with E-state index in [1.807, 2.05) is 11.0 Å². The summed E-state index contributed by atoms with van der Waals surface area (Å²) < 4.78 is 5.88. The molecule has 0 unspecified atom stereocenters. The predicted octanol–water partition coefficient (Wildman–Crippen LogP) is 3.47. The first kappa shape index (κ1) is 20.6. The lowest BCUT2D eigenvalue weighted by Gasteiger charge is -2.41. The van der Waals surface area contributed by atoms with Crippen LogP contribution in [0.2, 0.25) is 0 Å². The van der Waals surface area contributed by atoms with Crippen molar-refractivity contribution in [1.29, 1.82) is 5.26 Å². The first-order valence-corrected chi connectivity index (χ1v) is 12.2. The van der Waals surface area contributed by atoms with E-state index in [1.165, 1.54) is 22.4 Å². The van der Waals surface area contributed by atoms with Crippen LogP contribution in [0.25, 0.3) is 0 Å². The molecule has 0 N–H and O–H groups in total. The number of carbonyl (C=O) groups excluding carboxylic acids is 1. The smallest absolute Gasteiger partial charge is 0.223 e. The summed E-state index contributed by atoms with van der Waals surface area (Å²) in [4.78, 5) is 19.3. The number of ether oxygens (including phenoxy) is 1.